The predicted octanol–water partition coefficient (Wildman–Crippen LogP) is 2.79. The van der Waals surface area contributed by atoms with Crippen LogP contribution in [0.5, 0.6) is 11.5 Å². The van der Waals surface area contributed by atoms with Crippen molar-refractivity contribution in [2.45, 2.75) is 6.92 Å². The Morgan fingerprint density at radius 1 is 1.29 bits per heavy atom. The summed E-state index contributed by atoms with van der Waals surface area (Å²) in [5.74, 6) is 0.740. The molecule has 0 fully saturated rings. The van der Waals surface area contributed by atoms with Crippen LogP contribution in [0.15, 0.2) is 47.6 Å². The number of non-ortho nitro benzene ring substituents is 1. The zero-order valence-corrected chi connectivity index (χ0v) is 11.2. The van der Waals surface area contributed by atoms with Crippen molar-refractivity contribution in [3.05, 3.63) is 63.7 Å². The Bertz CT molecular complexity index is 696. The van der Waals surface area contributed by atoms with Gasteiger partial charge in [-0.3, -0.25) is 10.1 Å². The van der Waals surface area contributed by atoms with Gasteiger partial charge in [-0.25, -0.2) is 0 Å². The second-order valence-electron chi connectivity index (χ2n) is 4.34. The van der Waals surface area contributed by atoms with E-state index in [2.05, 4.69) is 5.16 Å². The van der Waals surface area contributed by atoms with Crippen LogP contribution in [0.3, 0.4) is 0 Å². The first kappa shape index (κ1) is 14.3. The highest BCUT2D eigenvalue weighted by Crippen LogP contribution is 2.27. The zero-order valence-electron chi connectivity index (χ0n) is 11.2. The fourth-order valence-electron chi connectivity index (χ4n) is 1.74. The summed E-state index contributed by atoms with van der Waals surface area (Å²) in [6.45, 7) is 1.87. The standard InChI is InChI=1S/C14H13N3O4/c1-9-2-7-12(14(15)16-18)13(8-9)21-11-5-3-10(4-6-11)17(19)20/h2-8,18H,1H3,(H2,15,16). The molecule has 0 saturated heterocycles. The van der Waals surface area contributed by atoms with Crippen molar-refractivity contribution < 1.29 is 14.9 Å². The Kier molecular flexibility index (Phi) is 4.03. The van der Waals surface area contributed by atoms with Crippen molar-refractivity contribution in [1.82, 2.24) is 0 Å². The highest BCUT2D eigenvalue weighted by atomic mass is 16.6. The van der Waals surface area contributed by atoms with Crippen molar-refractivity contribution in [1.29, 1.82) is 0 Å². The molecule has 21 heavy (non-hydrogen) atoms. The fourth-order valence-corrected chi connectivity index (χ4v) is 1.74. The number of rotatable bonds is 4. The Morgan fingerprint density at radius 3 is 2.52 bits per heavy atom. The summed E-state index contributed by atoms with van der Waals surface area (Å²) < 4.78 is 5.65. The molecule has 0 amide bonds. The largest absolute Gasteiger partial charge is 0.457 e. The molecule has 3 N–H and O–H groups in total. The molecule has 0 heterocycles. The molecule has 0 saturated carbocycles. The van der Waals surface area contributed by atoms with E-state index >= 15 is 0 Å². The second kappa shape index (κ2) is 5.91. The molecule has 0 aliphatic rings. The van der Waals surface area contributed by atoms with Crippen molar-refractivity contribution in [2.24, 2.45) is 10.9 Å². The van der Waals surface area contributed by atoms with Crippen LogP contribution in [-0.2, 0) is 0 Å². The van der Waals surface area contributed by atoms with E-state index in [0.717, 1.165) is 5.56 Å². The number of nitrogens with zero attached hydrogens (tertiary/aromatic N) is 2. The first-order valence-corrected chi connectivity index (χ1v) is 6.02. The van der Waals surface area contributed by atoms with Crippen molar-refractivity contribution >= 4 is 11.5 Å². The average Bonchev–Trinajstić information content (AvgIpc) is 2.47. The van der Waals surface area contributed by atoms with Crippen molar-refractivity contribution in [3.63, 3.8) is 0 Å². The van der Waals surface area contributed by atoms with Crippen LogP contribution in [-0.4, -0.2) is 16.0 Å². The van der Waals surface area contributed by atoms with Gasteiger partial charge in [0.2, 0.25) is 0 Å². The van der Waals surface area contributed by atoms with Gasteiger partial charge < -0.3 is 15.7 Å². The van der Waals surface area contributed by atoms with E-state index in [0.29, 0.717) is 17.1 Å². The molecule has 0 atom stereocenters. The number of oxime groups is 1. The number of nitro benzene ring substituents is 1. The third-order valence-electron chi connectivity index (χ3n) is 2.80. The Hall–Kier alpha value is -3.09. The maximum atomic E-state index is 10.6. The number of nitro groups is 1. The molecular formula is C14H13N3O4. The van der Waals surface area contributed by atoms with Gasteiger partial charge in [0.15, 0.2) is 5.84 Å². The molecule has 7 heteroatoms. The number of nitrogens with two attached hydrogens (primary N) is 1. The van der Waals surface area contributed by atoms with Crippen LogP contribution in [0, 0.1) is 17.0 Å². The summed E-state index contributed by atoms with van der Waals surface area (Å²) in [6, 6.07) is 10.9. The number of benzene rings is 2. The van der Waals surface area contributed by atoms with E-state index in [4.69, 9.17) is 15.7 Å². The molecule has 0 radical (unpaired) electrons. The van der Waals surface area contributed by atoms with Gasteiger partial charge in [-0.05, 0) is 36.8 Å². The smallest absolute Gasteiger partial charge is 0.269 e. The van der Waals surface area contributed by atoms with Crippen LogP contribution in [0.2, 0.25) is 0 Å². The number of amidine groups is 1. The summed E-state index contributed by atoms with van der Waals surface area (Å²) in [4.78, 5) is 10.1. The maximum absolute atomic E-state index is 10.6. The van der Waals surface area contributed by atoms with Gasteiger partial charge in [-0.1, -0.05) is 11.2 Å². The van der Waals surface area contributed by atoms with E-state index < -0.39 is 4.92 Å². The van der Waals surface area contributed by atoms with Crippen molar-refractivity contribution in [3.8, 4) is 11.5 Å². The first-order valence-electron chi connectivity index (χ1n) is 6.02. The van der Waals surface area contributed by atoms with Crippen LogP contribution in [0.4, 0.5) is 5.69 Å². The van der Waals surface area contributed by atoms with E-state index in [-0.39, 0.29) is 11.5 Å². The van der Waals surface area contributed by atoms with Gasteiger partial charge in [-0.2, -0.15) is 0 Å². The topological polar surface area (TPSA) is 111 Å². The van der Waals surface area contributed by atoms with Crippen LogP contribution >= 0.6 is 0 Å². The zero-order chi connectivity index (χ0) is 15.4. The first-order chi connectivity index (χ1) is 10.0. The molecule has 2 rings (SSSR count). The van der Waals surface area contributed by atoms with E-state index in [1.165, 1.54) is 24.3 Å². The molecule has 0 aliphatic carbocycles. The quantitative estimate of drug-likeness (QED) is 0.295. The third-order valence-corrected chi connectivity index (χ3v) is 2.80. The second-order valence-corrected chi connectivity index (χ2v) is 4.34. The fraction of sp³-hybridized carbons (Fsp3) is 0.0714. The van der Waals surface area contributed by atoms with Crippen LogP contribution in [0.1, 0.15) is 11.1 Å². The van der Waals surface area contributed by atoms with E-state index in [1.807, 2.05) is 6.92 Å². The SMILES string of the molecule is Cc1ccc(C(N)=NO)c(Oc2ccc([N+](=O)[O-])cc2)c1. The molecule has 0 aliphatic heterocycles. The molecule has 2 aromatic carbocycles. The lowest BCUT2D eigenvalue weighted by molar-refractivity contribution is -0.384. The molecule has 7 nitrogen and oxygen atoms in total. The monoisotopic (exact) mass is 287 g/mol. The number of hydrogen-bond acceptors (Lipinski definition) is 5. The predicted molar refractivity (Wildman–Crippen MR) is 76.9 cm³/mol. The Labute approximate surface area is 120 Å². The average molecular weight is 287 g/mol. The minimum Gasteiger partial charge on any atom is -0.457 e. The molecule has 0 aromatic heterocycles. The molecular weight excluding hydrogens is 274 g/mol. The number of hydrogen-bond donors (Lipinski definition) is 2. The van der Waals surface area contributed by atoms with Gasteiger partial charge >= 0.3 is 0 Å². The van der Waals surface area contributed by atoms with E-state index in [1.54, 1.807) is 18.2 Å². The van der Waals surface area contributed by atoms with Crippen LogP contribution < -0.4 is 10.5 Å². The van der Waals surface area contributed by atoms with Gasteiger partial charge in [0.1, 0.15) is 11.5 Å². The third kappa shape index (κ3) is 3.27. The molecule has 0 bridgehead atoms. The normalized spacial score (nSPS) is 11.2. The maximum Gasteiger partial charge on any atom is 0.269 e. The lowest BCUT2D eigenvalue weighted by Crippen LogP contribution is -2.14. The van der Waals surface area contributed by atoms with Crippen LogP contribution in [0.25, 0.3) is 0 Å². The highest BCUT2D eigenvalue weighted by Gasteiger charge is 2.11. The Balaban J connectivity index is 2.34. The highest BCUT2D eigenvalue weighted by molar-refractivity contribution is 5.99. The lowest BCUT2D eigenvalue weighted by Gasteiger charge is -2.11. The van der Waals surface area contributed by atoms with Gasteiger partial charge in [0.25, 0.3) is 5.69 Å². The minimum atomic E-state index is -0.488. The number of aryl methyl sites for hydroxylation is 1. The van der Waals surface area contributed by atoms with Gasteiger partial charge in [0, 0.05) is 12.1 Å². The molecule has 0 spiro atoms. The lowest BCUT2D eigenvalue weighted by atomic mass is 10.1. The van der Waals surface area contributed by atoms with E-state index in [9.17, 15) is 10.1 Å². The van der Waals surface area contributed by atoms with Crippen molar-refractivity contribution in [2.75, 3.05) is 0 Å². The Morgan fingerprint density at radius 2 is 1.95 bits per heavy atom. The van der Waals surface area contributed by atoms with Gasteiger partial charge in [0.05, 0.1) is 10.5 Å². The summed E-state index contributed by atoms with van der Waals surface area (Å²) >= 11 is 0. The van der Waals surface area contributed by atoms with Gasteiger partial charge in [-0.15, -0.1) is 0 Å². The summed E-state index contributed by atoms with van der Waals surface area (Å²) in [5.41, 5.74) is 6.93. The molecule has 108 valence electrons. The molecule has 0 unspecified atom stereocenters. The summed E-state index contributed by atoms with van der Waals surface area (Å²) in [5, 5.41) is 22.3. The minimum absolute atomic E-state index is 0.0248. The molecule has 2 aromatic rings. The summed E-state index contributed by atoms with van der Waals surface area (Å²) in [6.07, 6.45) is 0. The number of ether oxygens (including phenoxy) is 1. The summed E-state index contributed by atoms with van der Waals surface area (Å²) in [7, 11) is 0.